The van der Waals surface area contributed by atoms with E-state index in [4.69, 9.17) is 11.6 Å². The van der Waals surface area contributed by atoms with Crippen LogP contribution in [0.3, 0.4) is 0 Å². The fraction of sp³-hybridized carbons (Fsp3) is 0.182. The molecule has 33 heavy (non-hydrogen) atoms. The fourth-order valence-electron chi connectivity index (χ4n) is 2.98. The predicted octanol–water partition coefficient (Wildman–Crippen LogP) is 4.63. The number of nitrogens with one attached hydrogen (secondary N) is 1. The molecule has 0 radical (unpaired) electrons. The molecule has 0 aliphatic carbocycles. The smallest absolute Gasteiger partial charge is 0.339 e. The summed E-state index contributed by atoms with van der Waals surface area (Å²) in [6, 6.07) is 9.86. The zero-order chi connectivity index (χ0) is 24.3. The molecule has 11 heteroatoms. The van der Waals surface area contributed by atoms with Crippen LogP contribution in [-0.2, 0) is 14.3 Å². The maximum atomic E-state index is 12.7. The van der Waals surface area contributed by atoms with Gasteiger partial charge in [0, 0.05) is 24.3 Å². The number of imide groups is 1. The van der Waals surface area contributed by atoms with Gasteiger partial charge in [0.1, 0.15) is 6.54 Å². The average molecular weight is 553 g/mol. The second-order valence-corrected chi connectivity index (χ2v) is 9.36. The lowest BCUT2D eigenvalue weighted by molar-refractivity contribution is -0.127. The van der Waals surface area contributed by atoms with Crippen LogP contribution in [0.2, 0.25) is 5.02 Å². The normalized spacial score (nSPS) is 14.6. The Kier molecular flexibility index (Phi) is 7.83. The van der Waals surface area contributed by atoms with Gasteiger partial charge in [0.05, 0.1) is 28.3 Å². The first-order valence-corrected chi connectivity index (χ1v) is 11.5. The monoisotopic (exact) mass is 551 g/mol. The number of thioether (sulfide) groups is 1. The van der Waals surface area contributed by atoms with Gasteiger partial charge in [0.2, 0.25) is 5.91 Å². The molecule has 1 aliphatic rings. The summed E-state index contributed by atoms with van der Waals surface area (Å²) in [5.41, 5.74) is 2.06. The van der Waals surface area contributed by atoms with Gasteiger partial charge in [-0.3, -0.25) is 19.3 Å². The molecule has 0 saturated carbocycles. The molecule has 8 nitrogen and oxygen atoms in total. The third-order valence-electron chi connectivity index (χ3n) is 4.58. The van der Waals surface area contributed by atoms with Gasteiger partial charge < -0.3 is 15.0 Å². The van der Waals surface area contributed by atoms with Gasteiger partial charge in [-0.1, -0.05) is 17.7 Å². The highest BCUT2D eigenvalue weighted by Gasteiger charge is 2.36. The van der Waals surface area contributed by atoms with Gasteiger partial charge in [-0.15, -0.1) is 0 Å². The van der Waals surface area contributed by atoms with Crippen LogP contribution < -0.4 is 10.2 Å². The standard InChI is InChI=1S/C22H19BrClN3O5S/c1-26(2)17-7-4-12(8-15(17)23)9-18-20(29)27(22(31)33-18)11-19(28)25-13-5-6-16(24)14(10-13)21(30)32-3/h4-10H,11H2,1-3H3,(H,25,28)/b18-9-. The van der Waals surface area contributed by atoms with E-state index >= 15 is 0 Å². The second-order valence-electron chi connectivity index (χ2n) is 7.11. The number of methoxy groups -OCH3 is 1. The molecule has 172 valence electrons. The minimum atomic E-state index is -0.655. The van der Waals surface area contributed by atoms with Crippen molar-refractivity contribution in [3.63, 3.8) is 0 Å². The van der Waals surface area contributed by atoms with Crippen LogP contribution in [0.25, 0.3) is 6.08 Å². The second kappa shape index (κ2) is 10.4. The number of halogens is 2. The van der Waals surface area contributed by atoms with E-state index < -0.39 is 29.6 Å². The van der Waals surface area contributed by atoms with Crippen molar-refractivity contribution in [2.24, 2.45) is 0 Å². The topological polar surface area (TPSA) is 96.0 Å². The number of ether oxygens (including phenoxy) is 1. The molecule has 3 rings (SSSR count). The van der Waals surface area contributed by atoms with Gasteiger partial charge in [0.15, 0.2) is 0 Å². The number of hydrogen-bond donors (Lipinski definition) is 1. The van der Waals surface area contributed by atoms with E-state index in [2.05, 4.69) is 26.0 Å². The summed E-state index contributed by atoms with van der Waals surface area (Å²) in [5, 5.41) is 2.18. The number of nitrogens with zero attached hydrogens (tertiary/aromatic N) is 2. The molecule has 1 heterocycles. The van der Waals surface area contributed by atoms with Crippen LogP contribution in [0, 0.1) is 0 Å². The lowest BCUT2D eigenvalue weighted by Gasteiger charge is -2.14. The minimum Gasteiger partial charge on any atom is -0.465 e. The van der Waals surface area contributed by atoms with Crippen molar-refractivity contribution in [3.05, 3.63) is 61.9 Å². The summed E-state index contributed by atoms with van der Waals surface area (Å²) >= 11 is 10.2. The Balaban J connectivity index is 1.71. The number of rotatable bonds is 6. The summed E-state index contributed by atoms with van der Waals surface area (Å²) in [5.74, 6) is -1.81. The van der Waals surface area contributed by atoms with E-state index in [9.17, 15) is 19.2 Å². The molecule has 0 bridgehead atoms. The zero-order valence-corrected chi connectivity index (χ0v) is 21.0. The summed E-state index contributed by atoms with van der Waals surface area (Å²) in [6.45, 7) is -0.471. The molecule has 1 fully saturated rings. The Morgan fingerprint density at radius 2 is 1.94 bits per heavy atom. The number of carbonyl (C=O) groups is 4. The first-order valence-electron chi connectivity index (χ1n) is 9.50. The third-order valence-corrected chi connectivity index (χ3v) is 6.45. The Labute approximate surface area is 208 Å². The molecule has 3 amide bonds. The van der Waals surface area contributed by atoms with Crippen molar-refractivity contribution in [3.8, 4) is 0 Å². The molecule has 0 aromatic heterocycles. The summed E-state index contributed by atoms with van der Waals surface area (Å²) in [6.07, 6.45) is 1.61. The van der Waals surface area contributed by atoms with Gasteiger partial charge >= 0.3 is 5.97 Å². The molecular weight excluding hydrogens is 534 g/mol. The number of carbonyl (C=O) groups excluding carboxylic acids is 4. The molecule has 0 spiro atoms. The van der Waals surface area contributed by atoms with E-state index in [0.29, 0.717) is 0 Å². The molecule has 1 N–H and O–H groups in total. The van der Waals surface area contributed by atoms with Crippen molar-refractivity contribution < 1.29 is 23.9 Å². The number of anilines is 2. The number of amides is 3. The highest BCUT2D eigenvalue weighted by molar-refractivity contribution is 9.10. The average Bonchev–Trinajstić information content (AvgIpc) is 3.01. The number of esters is 1. The van der Waals surface area contributed by atoms with Crippen LogP contribution in [0.1, 0.15) is 15.9 Å². The van der Waals surface area contributed by atoms with Crippen molar-refractivity contribution in [1.82, 2.24) is 4.90 Å². The van der Waals surface area contributed by atoms with E-state index in [-0.39, 0.29) is 21.2 Å². The van der Waals surface area contributed by atoms with Gasteiger partial charge in [0.25, 0.3) is 11.1 Å². The first kappa shape index (κ1) is 24.8. The number of hydrogen-bond acceptors (Lipinski definition) is 7. The van der Waals surface area contributed by atoms with Gasteiger partial charge in [-0.2, -0.15) is 0 Å². The van der Waals surface area contributed by atoms with Crippen LogP contribution in [0.4, 0.5) is 16.2 Å². The summed E-state index contributed by atoms with van der Waals surface area (Å²) < 4.78 is 5.49. The highest BCUT2D eigenvalue weighted by Crippen LogP contribution is 2.34. The van der Waals surface area contributed by atoms with Crippen LogP contribution >= 0.6 is 39.3 Å². The minimum absolute atomic E-state index is 0.0810. The van der Waals surface area contributed by atoms with Crippen LogP contribution in [0.15, 0.2) is 45.8 Å². The van der Waals surface area contributed by atoms with Crippen molar-refractivity contribution >= 4 is 79.8 Å². The highest BCUT2D eigenvalue weighted by atomic mass is 79.9. The van der Waals surface area contributed by atoms with Crippen molar-refractivity contribution in [2.75, 3.05) is 38.0 Å². The summed E-state index contributed by atoms with van der Waals surface area (Å²) in [4.78, 5) is 52.3. The SMILES string of the molecule is COC(=O)c1cc(NC(=O)CN2C(=O)S/C(=C\c3ccc(N(C)C)c(Br)c3)C2=O)ccc1Cl. The predicted molar refractivity (Wildman–Crippen MR) is 133 cm³/mol. The number of benzene rings is 2. The van der Waals surface area contributed by atoms with Crippen molar-refractivity contribution in [2.45, 2.75) is 0 Å². The maximum absolute atomic E-state index is 12.7. The first-order chi connectivity index (χ1) is 15.6. The molecule has 2 aromatic carbocycles. The van der Waals surface area contributed by atoms with Crippen LogP contribution in [0.5, 0.6) is 0 Å². The Morgan fingerprint density at radius 1 is 1.21 bits per heavy atom. The Morgan fingerprint density at radius 3 is 2.58 bits per heavy atom. The molecule has 1 saturated heterocycles. The quantitative estimate of drug-likeness (QED) is 0.412. The molecule has 0 unspecified atom stereocenters. The summed E-state index contributed by atoms with van der Waals surface area (Å²) in [7, 11) is 5.04. The fourth-order valence-corrected chi connectivity index (χ4v) is 4.76. The molecule has 2 aromatic rings. The molecular formula is C22H19BrClN3O5S. The van der Waals surface area contributed by atoms with E-state index in [1.165, 1.54) is 25.3 Å². The largest absolute Gasteiger partial charge is 0.465 e. The van der Waals surface area contributed by atoms with E-state index in [0.717, 1.165) is 32.4 Å². The maximum Gasteiger partial charge on any atom is 0.339 e. The zero-order valence-electron chi connectivity index (χ0n) is 17.8. The lowest BCUT2D eigenvalue weighted by atomic mass is 10.2. The molecule has 1 aliphatic heterocycles. The van der Waals surface area contributed by atoms with Gasteiger partial charge in [-0.25, -0.2) is 4.79 Å². The van der Waals surface area contributed by atoms with E-state index in [1.807, 2.05) is 37.2 Å². The Hall–Kier alpha value is -2.82. The lowest BCUT2D eigenvalue weighted by Crippen LogP contribution is -2.36. The molecule has 0 atom stereocenters. The van der Waals surface area contributed by atoms with E-state index in [1.54, 1.807) is 6.08 Å². The third kappa shape index (κ3) is 5.76. The Bertz CT molecular complexity index is 1180. The van der Waals surface area contributed by atoms with Gasteiger partial charge in [-0.05, 0) is 69.7 Å². The van der Waals surface area contributed by atoms with Crippen LogP contribution in [-0.4, -0.2) is 55.7 Å². The van der Waals surface area contributed by atoms with Crippen molar-refractivity contribution in [1.29, 1.82) is 0 Å².